The highest BCUT2D eigenvalue weighted by molar-refractivity contribution is 7.99. The molecule has 0 bridgehead atoms. The summed E-state index contributed by atoms with van der Waals surface area (Å²) in [7, 11) is 0. The van der Waals surface area contributed by atoms with E-state index in [9.17, 15) is 4.79 Å². The number of carbonyl (C=O) groups is 1. The molecule has 6 nitrogen and oxygen atoms in total. The fourth-order valence-electron chi connectivity index (χ4n) is 2.65. The second kappa shape index (κ2) is 8.51. The Morgan fingerprint density at radius 3 is 3.12 bits per heavy atom. The lowest BCUT2D eigenvalue weighted by atomic mass is 10.1. The Labute approximate surface area is 151 Å². The number of aryl methyl sites for hydroxylation is 2. The molecule has 134 valence electrons. The maximum absolute atomic E-state index is 12.0. The van der Waals surface area contributed by atoms with Gasteiger partial charge in [0.1, 0.15) is 0 Å². The molecule has 2 aromatic rings. The normalized spacial score (nSPS) is 17.4. The molecule has 2 heterocycles. The number of nitrogens with zero attached hydrogens (tertiary/aromatic N) is 2. The fraction of sp³-hybridized carbons (Fsp3) is 0.444. The third kappa shape index (κ3) is 4.84. The van der Waals surface area contributed by atoms with Crippen LogP contribution in [0.15, 0.2) is 35.7 Å². The Hall–Kier alpha value is -1.83. The topological polar surface area (TPSA) is 65.4 Å². The van der Waals surface area contributed by atoms with Gasteiger partial charge in [-0.2, -0.15) is 0 Å². The molecule has 1 aliphatic heterocycles. The van der Waals surface area contributed by atoms with Crippen LogP contribution in [0, 0.1) is 13.8 Å². The summed E-state index contributed by atoms with van der Waals surface area (Å²) < 4.78 is 7.43. The summed E-state index contributed by atoms with van der Waals surface area (Å²) in [6.45, 7) is 4.81. The first-order valence-corrected chi connectivity index (χ1v) is 9.42. The number of hydroxylamine groups is 1. The third-order valence-corrected chi connectivity index (χ3v) is 4.97. The molecule has 0 saturated carbocycles. The van der Waals surface area contributed by atoms with Gasteiger partial charge in [0.2, 0.25) is 0 Å². The molecule has 1 fully saturated rings. The van der Waals surface area contributed by atoms with Crippen molar-refractivity contribution in [2.24, 2.45) is 0 Å². The molecule has 3 rings (SSSR count). The predicted molar refractivity (Wildman–Crippen MR) is 96.6 cm³/mol. The number of benzene rings is 1. The zero-order valence-corrected chi connectivity index (χ0v) is 15.3. The van der Waals surface area contributed by atoms with Crippen molar-refractivity contribution in [2.75, 3.05) is 12.4 Å². The van der Waals surface area contributed by atoms with Gasteiger partial charge in [-0.05, 0) is 43.9 Å². The third-order valence-electron chi connectivity index (χ3n) is 4.01. The van der Waals surface area contributed by atoms with Gasteiger partial charge in [0.15, 0.2) is 11.4 Å². The first-order chi connectivity index (χ1) is 12.1. The number of hydrogen-bond acceptors (Lipinski definition) is 5. The molecule has 1 aliphatic rings. The van der Waals surface area contributed by atoms with Crippen LogP contribution in [0.2, 0.25) is 0 Å². The maximum atomic E-state index is 12.0. The van der Waals surface area contributed by atoms with Gasteiger partial charge in [-0.25, -0.2) is 15.3 Å². The van der Waals surface area contributed by atoms with Crippen LogP contribution in [0.1, 0.15) is 30.4 Å². The summed E-state index contributed by atoms with van der Waals surface area (Å²) in [6, 6.07) is 6.29. The van der Waals surface area contributed by atoms with Crippen LogP contribution in [0.5, 0.6) is 0 Å². The molecular weight excluding hydrogens is 338 g/mol. The van der Waals surface area contributed by atoms with Gasteiger partial charge in [-0.15, -0.1) is 0 Å². The molecule has 0 radical (unpaired) electrons. The van der Waals surface area contributed by atoms with E-state index in [1.54, 1.807) is 6.20 Å². The van der Waals surface area contributed by atoms with Gasteiger partial charge in [0.25, 0.3) is 5.91 Å². The minimum atomic E-state index is -0.334. The highest BCUT2D eigenvalue weighted by Crippen LogP contribution is 2.23. The molecular formula is C18H23N3O3S. The van der Waals surface area contributed by atoms with E-state index in [1.165, 1.54) is 17.3 Å². The van der Waals surface area contributed by atoms with Gasteiger partial charge < -0.3 is 4.74 Å². The molecule has 1 aromatic heterocycles. The molecule has 7 heteroatoms. The lowest BCUT2D eigenvalue weighted by Crippen LogP contribution is -2.34. The molecule has 1 aromatic carbocycles. The Bertz CT molecular complexity index is 726. The highest BCUT2D eigenvalue weighted by atomic mass is 32.2. The molecule has 0 aliphatic carbocycles. The first-order valence-electron chi connectivity index (χ1n) is 8.43. The Balaban J connectivity index is 1.56. The van der Waals surface area contributed by atoms with Crippen molar-refractivity contribution >= 4 is 17.7 Å². The molecule has 0 spiro atoms. The zero-order chi connectivity index (χ0) is 17.6. The number of carbonyl (C=O) groups excluding carboxylic acids is 1. The van der Waals surface area contributed by atoms with E-state index in [-0.39, 0.29) is 18.0 Å². The molecule has 1 atom stereocenters. The van der Waals surface area contributed by atoms with Crippen molar-refractivity contribution in [1.29, 1.82) is 0 Å². The molecule has 1 amide bonds. The largest absolute Gasteiger partial charge is 0.350 e. The number of aromatic nitrogens is 2. The molecule has 25 heavy (non-hydrogen) atoms. The minimum absolute atomic E-state index is 0.199. The quantitative estimate of drug-likeness (QED) is 0.632. The minimum Gasteiger partial charge on any atom is -0.350 e. The Morgan fingerprint density at radius 1 is 1.44 bits per heavy atom. The summed E-state index contributed by atoms with van der Waals surface area (Å²) >= 11 is 1.38. The SMILES string of the molecule is Cc1ccc(C)c(-n2ccnc2SCC(=O)NOC2CCCCO2)c1. The van der Waals surface area contributed by atoms with Gasteiger partial charge >= 0.3 is 0 Å². The standard InChI is InChI=1S/C18H23N3O3S/c1-13-6-7-14(2)15(11-13)21-9-8-19-18(21)25-12-16(22)20-24-17-5-3-4-10-23-17/h6-9,11,17H,3-5,10,12H2,1-2H3,(H,20,22). The van der Waals surface area contributed by atoms with Crippen LogP contribution in [0.3, 0.4) is 0 Å². The fourth-order valence-corrected chi connectivity index (χ4v) is 3.41. The number of amides is 1. The summed E-state index contributed by atoms with van der Waals surface area (Å²) in [5.41, 5.74) is 5.89. The van der Waals surface area contributed by atoms with Crippen LogP contribution < -0.4 is 5.48 Å². The highest BCUT2D eigenvalue weighted by Gasteiger charge is 2.16. The molecule has 1 saturated heterocycles. The van der Waals surface area contributed by atoms with E-state index in [2.05, 4.69) is 42.5 Å². The Kier molecular flexibility index (Phi) is 6.12. The van der Waals surface area contributed by atoms with Gasteiger partial charge in [0.05, 0.1) is 11.4 Å². The Morgan fingerprint density at radius 2 is 2.32 bits per heavy atom. The van der Waals surface area contributed by atoms with Crippen molar-refractivity contribution in [3.63, 3.8) is 0 Å². The molecule has 1 unspecified atom stereocenters. The van der Waals surface area contributed by atoms with E-state index in [1.807, 2.05) is 10.8 Å². The number of ether oxygens (including phenoxy) is 1. The van der Waals surface area contributed by atoms with Crippen molar-refractivity contribution in [1.82, 2.24) is 15.0 Å². The smallest absolute Gasteiger partial charge is 0.254 e. The average molecular weight is 361 g/mol. The maximum Gasteiger partial charge on any atom is 0.254 e. The van der Waals surface area contributed by atoms with Crippen LogP contribution in [-0.4, -0.2) is 34.1 Å². The van der Waals surface area contributed by atoms with Gasteiger partial charge in [-0.3, -0.25) is 9.36 Å². The summed E-state index contributed by atoms with van der Waals surface area (Å²) in [4.78, 5) is 21.7. The van der Waals surface area contributed by atoms with E-state index >= 15 is 0 Å². The van der Waals surface area contributed by atoms with Gasteiger partial charge in [0, 0.05) is 25.4 Å². The van der Waals surface area contributed by atoms with Gasteiger partial charge in [-0.1, -0.05) is 23.9 Å². The number of nitrogens with one attached hydrogen (secondary N) is 1. The second-order valence-corrected chi connectivity index (χ2v) is 7.04. The number of thioether (sulfide) groups is 1. The van der Waals surface area contributed by atoms with Crippen molar-refractivity contribution in [2.45, 2.75) is 44.6 Å². The monoisotopic (exact) mass is 361 g/mol. The number of rotatable bonds is 6. The van der Waals surface area contributed by atoms with Crippen LogP contribution >= 0.6 is 11.8 Å². The lowest BCUT2D eigenvalue weighted by Gasteiger charge is -2.22. The summed E-state index contributed by atoms with van der Waals surface area (Å²) in [6.07, 6.45) is 6.24. The van der Waals surface area contributed by atoms with E-state index in [0.29, 0.717) is 6.61 Å². The van der Waals surface area contributed by atoms with Crippen LogP contribution in [0.4, 0.5) is 0 Å². The van der Waals surface area contributed by atoms with E-state index in [4.69, 9.17) is 9.57 Å². The van der Waals surface area contributed by atoms with Crippen LogP contribution in [-0.2, 0) is 14.4 Å². The average Bonchev–Trinajstić information content (AvgIpc) is 3.09. The number of imidazole rings is 1. The number of hydrogen-bond donors (Lipinski definition) is 1. The second-order valence-electron chi connectivity index (χ2n) is 6.10. The lowest BCUT2D eigenvalue weighted by molar-refractivity contribution is -0.199. The summed E-state index contributed by atoms with van der Waals surface area (Å²) in [5, 5.41) is 0.776. The summed E-state index contributed by atoms with van der Waals surface area (Å²) in [5.74, 6) is 0.0314. The van der Waals surface area contributed by atoms with Crippen molar-refractivity contribution in [3.8, 4) is 5.69 Å². The van der Waals surface area contributed by atoms with Crippen molar-refractivity contribution in [3.05, 3.63) is 41.7 Å². The first kappa shape index (κ1) is 18.0. The predicted octanol–water partition coefficient (Wildman–Crippen LogP) is 3.16. The van der Waals surface area contributed by atoms with Crippen molar-refractivity contribution < 1.29 is 14.4 Å². The molecule has 1 N–H and O–H groups in total. The zero-order valence-electron chi connectivity index (χ0n) is 14.5. The van der Waals surface area contributed by atoms with E-state index < -0.39 is 0 Å². The van der Waals surface area contributed by atoms with E-state index in [0.717, 1.165) is 35.7 Å². The van der Waals surface area contributed by atoms with Crippen LogP contribution in [0.25, 0.3) is 5.69 Å².